The Labute approximate surface area is 94.6 Å². The lowest BCUT2D eigenvalue weighted by Crippen LogP contribution is -2.41. The van der Waals surface area contributed by atoms with Gasteiger partial charge in [0, 0.05) is 6.54 Å². The van der Waals surface area contributed by atoms with E-state index in [-0.39, 0.29) is 5.60 Å². The lowest BCUT2D eigenvalue weighted by molar-refractivity contribution is -0.0984. The molecule has 0 heterocycles. The fourth-order valence-corrected chi connectivity index (χ4v) is 2.40. The summed E-state index contributed by atoms with van der Waals surface area (Å²) < 4.78 is 6.18. The molecule has 2 N–H and O–H groups in total. The molecule has 2 heteroatoms. The molecule has 0 aliphatic heterocycles. The van der Waals surface area contributed by atoms with Crippen molar-refractivity contribution in [2.24, 2.45) is 11.7 Å². The SMILES string of the molecule is CCC1CCCC(OC(C)(CC)CN)C1. The van der Waals surface area contributed by atoms with E-state index in [4.69, 9.17) is 10.5 Å². The van der Waals surface area contributed by atoms with Gasteiger partial charge in [-0.1, -0.05) is 33.1 Å². The van der Waals surface area contributed by atoms with Crippen molar-refractivity contribution in [3.05, 3.63) is 0 Å². The summed E-state index contributed by atoms with van der Waals surface area (Å²) in [5.74, 6) is 0.877. The van der Waals surface area contributed by atoms with E-state index in [2.05, 4.69) is 20.8 Å². The molecule has 2 nitrogen and oxygen atoms in total. The first kappa shape index (κ1) is 13.0. The second kappa shape index (κ2) is 5.86. The molecule has 3 unspecified atom stereocenters. The number of rotatable bonds is 5. The molecule has 0 bridgehead atoms. The van der Waals surface area contributed by atoms with Crippen LogP contribution < -0.4 is 5.73 Å². The molecule has 0 aromatic carbocycles. The van der Waals surface area contributed by atoms with Crippen molar-refractivity contribution < 1.29 is 4.74 Å². The molecule has 0 aromatic heterocycles. The third-order valence-electron chi connectivity index (χ3n) is 3.94. The van der Waals surface area contributed by atoms with Gasteiger partial charge in [0.1, 0.15) is 0 Å². The van der Waals surface area contributed by atoms with E-state index in [1.165, 1.54) is 32.1 Å². The molecular formula is C13H27NO. The maximum absolute atomic E-state index is 6.18. The van der Waals surface area contributed by atoms with Crippen LogP contribution in [0.25, 0.3) is 0 Å². The van der Waals surface area contributed by atoms with Gasteiger partial charge in [-0.15, -0.1) is 0 Å². The Morgan fingerprint density at radius 3 is 2.60 bits per heavy atom. The van der Waals surface area contributed by atoms with E-state index >= 15 is 0 Å². The van der Waals surface area contributed by atoms with Gasteiger partial charge in [0.2, 0.25) is 0 Å². The highest BCUT2D eigenvalue weighted by molar-refractivity contribution is 4.80. The van der Waals surface area contributed by atoms with Crippen LogP contribution in [0.15, 0.2) is 0 Å². The molecule has 90 valence electrons. The van der Waals surface area contributed by atoms with Crippen LogP contribution in [0, 0.1) is 5.92 Å². The molecule has 15 heavy (non-hydrogen) atoms. The van der Waals surface area contributed by atoms with Crippen LogP contribution in [0.1, 0.15) is 59.3 Å². The molecule has 3 atom stereocenters. The molecule has 0 spiro atoms. The highest BCUT2D eigenvalue weighted by atomic mass is 16.5. The summed E-state index contributed by atoms with van der Waals surface area (Å²) in [4.78, 5) is 0. The Kier molecular flexibility index (Phi) is 5.07. The predicted molar refractivity (Wildman–Crippen MR) is 64.9 cm³/mol. The quantitative estimate of drug-likeness (QED) is 0.761. The number of hydrogen-bond acceptors (Lipinski definition) is 2. The average molecular weight is 213 g/mol. The summed E-state index contributed by atoms with van der Waals surface area (Å²) in [5, 5.41) is 0. The molecule has 0 amide bonds. The number of hydrogen-bond donors (Lipinski definition) is 1. The topological polar surface area (TPSA) is 35.2 Å². The zero-order chi connectivity index (χ0) is 11.3. The summed E-state index contributed by atoms with van der Waals surface area (Å²) >= 11 is 0. The monoisotopic (exact) mass is 213 g/mol. The van der Waals surface area contributed by atoms with Gasteiger partial charge in [-0.05, 0) is 32.1 Å². The predicted octanol–water partition coefficient (Wildman–Crippen LogP) is 3.10. The summed E-state index contributed by atoms with van der Waals surface area (Å²) in [7, 11) is 0. The average Bonchev–Trinajstić information content (AvgIpc) is 2.29. The van der Waals surface area contributed by atoms with E-state index < -0.39 is 0 Å². The molecule has 1 aliphatic rings. The van der Waals surface area contributed by atoms with Crippen molar-refractivity contribution in [3.63, 3.8) is 0 Å². The second-order valence-electron chi connectivity index (χ2n) is 5.19. The van der Waals surface area contributed by atoms with Crippen LogP contribution in [0.4, 0.5) is 0 Å². The Balaban J connectivity index is 2.43. The molecule has 1 rings (SSSR count). The molecule has 0 saturated heterocycles. The van der Waals surface area contributed by atoms with Crippen molar-refractivity contribution in [2.75, 3.05) is 6.54 Å². The Hall–Kier alpha value is -0.0800. The smallest absolute Gasteiger partial charge is 0.0777 e. The Morgan fingerprint density at radius 1 is 1.33 bits per heavy atom. The fourth-order valence-electron chi connectivity index (χ4n) is 2.40. The zero-order valence-corrected chi connectivity index (χ0v) is 10.6. The summed E-state index contributed by atoms with van der Waals surface area (Å²) in [5.41, 5.74) is 5.68. The minimum Gasteiger partial charge on any atom is -0.371 e. The second-order valence-corrected chi connectivity index (χ2v) is 5.19. The van der Waals surface area contributed by atoms with Gasteiger partial charge in [0.25, 0.3) is 0 Å². The van der Waals surface area contributed by atoms with Gasteiger partial charge < -0.3 is 10.5 Å². The Bertz CT molecular complexity index is 177. The molecule has 0 aromatic rings. The van der Waals surface area contributed by atoms with Crippen LogP contribution >= 0.6 is 0 Å². The molecular weight excluding hydrogens is 186 g/mol. The minimum atomic E-state index is -0.0969. The van der Waals surface area contributed by atoms with Crippen LogP contribution in [0.3, 0.4) is 0 Å². The summed E-state index contributed by atoms with van der Waals surface area (Å²) in [6, 6.07) is 0. The van der Waals surface area contributed by atoms with Crippen molar-refractivity contribution >= 4 is 0 Å². The lowest BCUT2D eigenvalue weighted by Gasteiger charge is -2.36. The van der Waals surface area contributed by atoms with Crippen molar-refractivity contribution in [1.29, 1.82) is 0 Å². The highest BCUT2D eigenvalue weighted by Gasteiger charge is 2.29. The normalized spacial score (nSPS) is 31.2. The first-order valence-electron chi connectivity index (χ1n) is 6.51. The van der Waals surface area contributed by atoms with Crippen molar-refractivity contribution in [2.45, 2.75) is 71.0 Å². The van der Waals surface area contributed by atoms with Crippen LogP contribution in [-0.4, -0.2) is 18.2 Å². The number of ether oxygens (including phenoxy) is 1. The van der Waals surface area contributed by atoms with Crippen LogP contribution in [-0.2, 0) is 4.74 Å². The Morgan fingerprint density at radius 2 is 2.07 bits per heavy atom. The highest BCUT2D eigenvalue weighted by Crippen LogP contribution is 2.31. The maximum atomic E-state index is 6.18. The van der Waals surface area contributed by atoms with Crippen molar-refractivity contribution in [1.82, 2.24) is 0 Å². The fraction of sp³-hybridized carbons (Fsp3) is 1.00. The standard InChI is InChI=1S/C13H27NO/c1-4-11-7-6-8-12(9-11)15-13(3,5-2)10-14/h11-12H,4-10,14H2,1-3H3. The third kappa shape index (κ3) is 3.76. The van der Waals surface area contributed by atoms with E-state index in [0.29, 0.717) is 12.6 Å². The van der Waals surface area contributed by atoms with Gasteiger partial charge in [-0.25, -0.2) is 0 Å². The van der Waals surface area contributed by atoms with Crippen LogP contribution in [0.2, 0.25) is 0 Å². The van der Waals surface area contributed by atoms with E-state index in [1.807, 2.05) is 0 Å². The third-order valence-corrected chi connectivity index (χ3v) is 3.94. The lowest BCUT2D eigenvalue weighted by atomic mass is 9.85. The summed E-state index contributed by atoms with van der Waals surface area (Å²) in [6.45, 7) is 7.22. The van der Waals surface area contributed by atoms with E-state index in [1.54, 1.807) is 0 Å². The van der Waals surface area contributed by atoms with Gasteiger partial charge >= 0.3 is 0 Å². The van der Waals surface area contributed by atoms with E-state index in [0.717, 1.165) is 12.3 Å². The molecule has 1 aliphatic carbocycles. The zero-order valence-electron chi connectivity index (χ0n) is 10.6. The summed E-state index contributed by atoms with van der Waals surface area (Å²) in [6.07, 6.45) is 7.95. The van der Waals surface area contributed by atoms with Gasteiger partial charge in [0.15, 0.2) is 0 Å². The molecule has 0 radical (unpaired) electrons. The van der Waals surface area contributed by atoms with E-state index in [9.17, 15) is 0 Å². The minimum absolute atomic E-state index is 0.0969. The maximum Gasteiger partial charge on any atom is 0.0777 e. The van der Waals surface area contributed by atoms with Gasteiger partial charge in [-0.2, -0.15) is 0 Å². The van der Waals surface area contributed by atoms with Crippen LogP contribution in [0.5, 0.6) is 0 Å². The largest absolute Gasteiger partial charge is 0.371 e. The van der Waals surface area contributed by atoms with Crippen molar-refractivity contribution in [3.8, 4) is 0 Å². The first-order valence-corrected chi connectivity index (χ1v) is 6.51. The van der Waals surface area contributed by atoms with Gasteiger partial charge in [0.05, 0.1) is 11.7 Å². The number of nitrogens with two attached hydrogens (primary N) is 1. The first-order chi connectivity index (χ1) is 7.13. The molecule has 1 fully saturated rings. The molecule has 1 saturated carbocycles. The van der Waals surface area contributed by atoms with Gasteiger partial charge in [-0.3, -0.25) is 0 Å².